The summed E-state index contributed by atoms with van der Waals surface area (Å²) in [5.74, 6) is -1.25. The minimum absolute atomic E-state index is 0.0542. The lowest BCUT2D eigenvalue weighted by atomic mass is 9.87. The highest BCUT2D eigenvalue weighted by Gasteiger charge is 2.23. The molecule has 1 aromatic rings. The van der Waals surface area contributed by atoms with Gasteiger partial charge in [-0.15, -0.1) is 0 Å². The van der Waals surface area contributed by atoms with Crippen LogP contribution in [-0.2, 0) is 4.79 Å². The zero-order valence-corrected chi connectivity index (χ0v) is 10.9. The molecule has 0 fully saturated rings. The lowest BCUT2D eigenvalue weighted by molar-refractivity contribution is -0.137. The fraction of sp³-hybridized carbons (Fsp3) is 0.583. The second kappa shape index (κ2) is 5.66. The van der Waals surface area contributed by atoms with Gasteiger partial charge < -0.3 is 10.4 Å². The molecule has 0 aliphatic rings. The number of carboxylic acids is 1. The minimum Gasteiger partial charge on any atom is -0.481 e. The standard InChI is InChI=1S/C12H19N3O3/c1-12(2,3)7-8(6-10(16)17)14-11(18)9-4-5-13-15-9/h4-5,8H,6-7H2,1-3H3,(H,13,15)(H,14,18)(H,16,17). The predicted molar refractivity (Wildman–Crippen MR) is 66.2 cm³/mol. The Morgan fingerprint density at radius 1 is 1.50 bits per heavy atom. The van der Waals surface area contributed by atoms with Crippen molar-refractivity contribution in [2.24, 2.45) is 5.41 Å². The molecule has 1 amide bonds. The van der Waals surface area contributed by atoms with Crippen LogP contribution in [0.2, 0.25) is 0 Å². The summed E-state index contributed by atoms with van der Waals surface area (Å²) in [4.78, 5) is 22.6. The summed E-state index contributed by atoms with van der Waals surface area (Å²) in [6, 6.07) is 1.16. The molecule has 0 saturated heterocycles. The van der Waals surface area contributed by atoms with Crippen molar-refractivity contribution in [2.45, 2.75) is 39.7 Å². The molecule has 100 valence electrons. The molecule has 0 spiro atoms. The van der Waals surface area contributed by atoms with Gasteiger partial charge in [0.05, 0.1) is 6.42 Å². The molecule has 1 aromatic heterocycles. The Bertz CT molecular complexity index is 407. The lowest BCUT2D eigenvalue weighted by Crippen LogP contribution is -2.39. The first-order chi connectivity index (χ1) is 8.28. The van der Waals surface area contributed by atoms with Crippen LogP contribution in [0.25, 0.3) is 0 Å². The molecule has 1 rings (SSSR count). The number of nitrogens with one attached hydrogen (secondary N) is 2. The Labute approximate surface area is 106 Å². The first kappa shape index (κ1) is 14.2. The van der Waals surface area contributed by atoms with Crippen molar-refractivity contribution >= 4 is 11.9 Å². The van der Waals surface area contributed by atoms with Crippen molar-refractivity contribution in [3.63, 3.8) is 0 Å². The molecular formula is C12H19N3O3. The Morgan fingerprint density at radius 2 is 2.17 bits per heavy atom. The lowest BCUT2D eigenvalue weighted by Gasteiger charge is -2.25. The number of amides is 1. The van der Waals surface area contributed by atoms with E-state index >= 15 is 0 Å². The quantitative estimate of drug-likeness (QED) is 0.739. The number of H-pyrrole nitrogens is 1. The van der Waals surface area contributed by atoms with Gasteiger partial charge in [0.1, 0.15) is 5.69 Å². The summed E-state index contributed by atoms with van der Waals surface area (Å²) in [7, 11) is 0. The van der Waals surface area contributed by atoms with Crippen LogP contribution < -0.4 is 5.32 Å². The molecule has 18 heavy (non-hydrogen) atoms. The largest absolute Gasteiger partial charge is 0.481 e. The number of aromatic nitrogens is 2. The molecular weight excluding hydrogens is 234 g/mol. The molecule has 6 heteroatoms. The highest BCUT2D eigenvalue weighted by atomic mass is 16.4. The van der Waals surface area contributed by atoms with Gasteiger partial charge in [0.25, 0.3) is 5.91 Å². The van der Waals surface area contributed by atoms with E-state index in [0.717, 1.165) is 0 Å². The molecule has 0 radical (unpaired) electrons. The van der Waals surface area contributed by atoms with E-state index in [9.17, 15) is 9.59 Å². The Balaban J connectivity index is 2.66. The normalized spacial score (nSPS) is 13.1. The summed E-state index contributed by atoms with van der Waals surface area (Å²) < 4.78 is 0. The minimum atomic E-state index is -0.922. The highest BCUT2D eigenvalue weighted by Crippen LogP contribution is 2.22. The maximum absolute atomic E-state index is 11.8. The molecule has 3 N–H and O–H groups in total. The zero-order valence-electron chi connectivity index (χ0n) is 10.9. The fourth-order valence-electron chi connectivity index (χ4n) is 1.77. The Hall–Kier alpha value is -1.85. The smallest absolute Gasteiger partial charge is 0.305 e. The van der Waals surface area contributed by atoms with Gasteiger partial charge in [-0.05, 0) is 17.9 Å². The monoisotopic (exact) mass is 253 g/mol. The summed E-state index contributed by atoms with van der Waals surface area (Å²) in [5.41, 5.74) is 0.278. The molecule has 0 aliphatic carbocycles. The van der Waals surface area contributed by atoms with Crippen molar-refractivity contribution in [2.75, 3.05) is 0 Å². The van der Waals surface area contributed by atoms with Gasteiger partial charge >= 0.3 is 5.97 Å². The maximum Gasteiger partial charge on any atom is 0.305 e. The number of hydrogen-bond donors (Lipinski definition) is 3. The summed E-state index contributed by atoms with van der Waals surface area (Å²) in [6.45, 7) is 6.01. The SMILES string of the molecule is CC(C)(C)CC(CC(=O)O)NC(=O)c1ccn[nH]1. The van der Waals surface area contributed by atoms with Crippen LogP contribution in [0.3, 0.4) is 0 Å². The zero-order chi connectivity index (χ0) is 13.8. The number of carbonyl (C=O) groups excluding carboxylic acids is 1. The highest BCUT2D eigenvalue weighted by molar-refractivity contribution is 5.92. The number of carbonyl (C=O) groups is 2. The number of nitrogens with zero attached hydrogens (tertiary/aromatic N) is 1. The molecule has 1 heterocycles. The number of rotatable bonds is 5. The first-order valence-corrected chi connectivity index (χ1v) is 5.80. The number of aliphatic carboxylic acids is 1. The van der Waals surface area contributed by atoms with E-state index < -0.39 is 12.0 Å². The van der Waals surface area contributed by atoms with Crippen molar-refractivity contribution < 1.29 is 14.7 Å². The molecule has 0 aromatic carbocycles. The van der Waals surface area contributed by atoms with Crippen LogP contribution in [0.15, 0.2) is 12.3 Å². The van der Waals surface area contributed by atoms with Crippen molar-refractivity contribution in [3.8, 4) is 0 Å². The van der Waals surface area contributed by atoms with Crippen LogP contribution in [0.1, 0.15) is 44.1 Å². The molecule has 6 nitrogen and oxygen atoms in total. The van der Waals surface area contributed by atoms with Gasteiger partial charge in [0.15, 0.2) is 0 Å². The van der Waals surface area contributed by atoms with Crippen molar-refractivity contribution in [1.82, 2.24) is 15.5 Å². The van der Waals surface area contributed by atoms with Gasteiger partial charge in [-0.2, -0.15) is 5.10 Å². The second-order valence-electron chi connectivity index (χ2n) is 5.50. The summed E-state index contributed by atoms with van der Waals surface area (Å²) >= 11 is 0. The molecule has 0 aliphatic heterocycles. The summed E-state index contributed by atoms with van der Waals surface area (Å²) in [6.07, 6.45) is 1.99. The van der Waals surface area contributed by atoms with E-state index in [1.165, 1.54) is 6.20 Å². The first-order valence-electron chi connectivity index (χ1n) is 5.80. The number of carboxylic acid groups (broad SMARTS) is 1. The van der Waals surface area contributed by atoms with E-state index in [-0.39, 0.29) is 17.7 Å². The van der Waals surface area contributed by atoms with Crippen LogP contribution in [0.5, 0.6) is 0 Å². The molecule has 0 bridgehead atoms. The average Bonchev–Trinajstić information content (AvgIpc) is 2.65. The van der Waals surface area contributed by atoms with Gasteiger partial charge in [0, 0.05) is 12.2 Å². The Kier molecular flexibility index (Phi) is 4.47. The number of aromatic amines is 1. The van der Waals surface area contributed by atoms with Crippen molar-refractivity contribution in [1.29, 1.82) is 0 Å². The maximum atomic E-state index is 11.8. The van der Waals surface area contributed by atoms with Crippen molar-refractivity contribution in [3.05, 3.63) is 18.0 Å². The summed E-state index contributed by atoms with van der Waals surface area (Å²) in [5, 5.41) is 17.8. The van der Waals surface area contributed by atoms with Crippen LogP contribution >= 0.6 is 0 Å². The van der Waals surface area contributed by atoms with E-state index in [0.29, 0.717) is 12.1 Å². The second-order valence-corrected chi connectivity index (χ2v) is 5.50. The number of hydrogen-bond acceptors (Lipinski definition) is 3. The third-order valence-electron chi connectivity index (χ3n) is 2.36. The fourth-order valence-corrected chi connectivity index (χ4v) is 1.77. The van der Waals surface area contributed by atoms with Crippen LogP contribution in [0, 0.1) is 5.41 Å². The van der Waals surface area contributed by atoms with E-state index in [2.05, 4.69) is 15.5 Å². The van der Waals surface area contributed by atoms with E-state index in [4.69, 9.17) is 5.11 Å². The van der Waals surface area contributed by atoms with Gasteiger partial charge in [-0.25, -0.2) is 0 Å². The van der Waals surface area contributed by atoms with Gasteiger partial charge in [-0.1, -0.05) is 20.8 Å². The van der Waals surface area contributed by atoms with Gasteiger partial charge in [0.2, 0.25) is 0 Å². The predicted octanol–water partition coefficient (Wildman–Crippen LogP) is 1.42. The van der Waals surface area contributed by atoms with E-state index in [1.807, 2.05) is 20.8 Å². The molecule has 1 unspecified atom stereocenters. The molecule has 0 saturated carbocycles. The van der Waals surface area contributed by atoms with Crippen LogP contribution in [-0.4, -0.2) is 33.2 Å². The third-order valence-corrected chi connectivity index (χ3v) is 2.36. The molecule has 1 atom stereocenters. The van der Waals surface area contributed by atoms with Gasteiger partial charge in [-0.3, -0.25) is 14.7 Å². The third kappa shape index (κ3) is 4.99. The van der Waals surface area contributed by atoms with E-state index in [1.54, 1.807) is 6.07 Å². The average molecular weight is 253 g/mol. The van der Waals surface area contributed by atoms with Crippen LogP contribution in [0.4, 0.5) is 0 Å². The topological polar surface area (TPSA) is 95.1 Å². The Morgan fingerprint density at radius 3 is 2.61 bits per heavy atom.